The van der Waals surface area contributed by atoms with Crippen molar-refractivity contribution in [3.63, 3.8) is 0 Å². The predicted octanol–water partition coefficient (Wildman–Crippen LogP) is 2.92. The molecule has 110 valence electrons. The van der Waals surface area contributed by atoms with Crippen LogP contribution in [0.1, 0.15) is 37.7 Å². The minimum atomic E-state index is 0.00128. The molecule has 3 heteroatoms. The van der Waals surface area contributed by atoms with E-state index >= 15 is 0 Å². The van der Waals surface area contributed by atoms with E-state index in [1.165, 1.54) is 18.4 Å². The Morgan fingerprint density at radius 3 is 2.65 bits per heavy atom. The van der Waals surface area contributed by atoms with Gasteiger partial charge in [-0.15, -0.1) is 0 Å². The van der Waals surface area contributed by atoms with Gasteiger partial charge in [-0.25, -0.2) is 0 Å². The molecule has 3 nitrogen and oxygen atoms in total. The normalized spacial score (nSPS) is 27.6. The van der Waals surface area contributed by atoms with E-state index in [0.717, 1.165) is 32.1 Å². The first-order chi connectivity index (χ1) is 9.88. The SMILES string of the molecule is CCCNC(CC1OCCO1)C1CC1c1ccccc1. The quantitative estimate of drug-likeness (QED) is 0.830. The summed E-state index contributed by atoms with van der Waals surface area (Å²) in [4.78, 5) is 0. The van der Waals surface area contributed by atoms with Gasteiger partial charge in [-0.2, -0.15) is 0 Å². The number of ether oxygens (including phenoxy) is 2. The second-order valence-electron chi connectivity index (χ2n) is 5.88. The number of rotatable bonds is 7. The first-order valence-electron chi connectivity index (χ1n) is 7.90. The Morgan fingerprint density at radius 2 is 1.95 bits per heavy atom. The lowest BCUT2D eigenvalue weighted by Gasteiger charge is -2.21. The summed E-state index contributed by atoms with van der Waals surface area (Å²) in [6.07, 6.45) is 3.44. The third-order valence-corrected chi connectivity index (χ3v) is 4.38. The summed E-state index contributed by atoms with van der Waals surface area (Å²) in [6, 6.07) is 11.4. The zero-order chi connectivity index (χ0) is 13.8. The van der Waals surface area contributed by atoms with Crippen molar-refractivity contribution in [1.29, 1.82) is 0 Å². The number of hydrogen-bond acceptors (Lipinski definition) is 3. The Labute approximate surface area is 121 Å². The summed E-state index contributed by atoms with van der Waals surface area (Å²) in [6.45, 7) is 4.79. The highest BCUT2D eigenvalue weighted by atomic mass is 16.7. The first-order valence-corrected chi connectivity index (χ1v) is 7.90. The molecule has 1 aromatic rings. The first kappa shape index (κ1) is 14.1. The molecule has 3 unspecified atom stereocenters. The molecule has 1 aliphatic heterocycles. The average Bonchev–Trinajstić information content (AvgIpc) is 3.13. The largest absolute Gasteiger partial charge is 0.350 e. The second kappa shape index (κ2) is 6.70. The molecule has 1 heterocycles. The Balaban J connectivity index is 1.58. The van der Waals surface area contributed by atoms with Gasteiger partial charge in [0, 0.05) is 12.5 Å². The molecule has 0 radical (unpaired) electrons. The van der Waals surface area contributed by atoms with Crippen LogP contribution in [0, 0.1) is 5.92 Å². The van der Waals surface area contributed by atoms with Crippen LogP contribution in [0.2, 0.25) is 0 Å². The molecule has 2 fully saturated rings. The van der Waals surface area contributed by atoms with Gasteiger partial charge in [0.2, 0.25) is 0 Å². The van der Waals surface area contributed by atoms with E-state index in [4.69, 9.17) is 9.47 Å². The maximum Gasteiger partial charge on any atom is 0.159 e. The predicted molar refractivity (Wildman–Crippen MR) is 79.7 cm³/mol. The fourth-order valence-corrected chi connectivity index (χ4v) is 3.23. The monoisotopic (exact) mass is 275 g/mol. The Morgan fingerprint density at radius 1 is 1.20 bits per heavy atom. The molecule has 3 rings (SSSR count). The summed E-state index contributed by atoms with van der Waals surface area (Å²) in [7, 11) is 0. The molecule has 2 aliphatic rings. The van der Waals surface area contributed by atoms with Gasteiger partial charge >= 0.3 is 0 Å². The van der Waals surface area contributed by atoms with Crippen LogP contribution in [0.15, 0.2) is 30.3 Å². The zero-order valence-electron chi connectivity index (χ0n) is 12.3. The van der Waals surface area contributed by atoms with E-state index in [-0.39, 0.29) is 6.29 Å². The van der Waals surface area contributed by atoms with Gasteiger partial charge in [0.05, 0.1) is 13.2 Å². The highest BCUT2D eigenvalue weighted by Gasteiger charge is 2.44. The standard InChI is InChI=1S/C17H25NO2/c1-2-8-18-16(12-17-19-9-10-20-17)15-11-14(15)13-6-4-3-5-7-13/h3-7,14-18H,2,8-12H2,1H3. The third-order valence-electron chi connectivity index (χ3n) is 4.38. The Hall–Kier alpha value is -0.900. The molecule has 0 aromatic heterocycles. The molecule has 1 aromatic carbocycles. The van der Waals surface area contributed by atoms with Crippen LogP contribution in [0.25, 0.3) is 0 Å². The van der Waals surface area contributed by atoms with Crippen LogP contribution in [-0.2, 0) is 9.47 Å². The van der Waals surface area contributed by atoms with Crippen molar-refractivity contribution in [2.24, 2.45) is 5.92 Å². The lowest BCUT2D eigenvalue weighted by atomic mass is 10.0. The maximum atomic E-state index is 5.62. The van der Waals surface area contributed by atoms with Crippen molar-refractivity contribution in [1.82, 2.24) is 5.32 Å². The average molecular weight is 275 g/mol. The molecule has 1 saturated carbocycles. The molecular weight excluding hydrogens is 250 g/mol. The number of nitrogens with one attached hydrogen (secondary N) is 1. The van der Waals surface area contributed by atoms with Crippen molar-refractivity contribution >= 4 is 0 Å². The molecule has 3 atom stereocenters. The summed E-state index contributed by atoms with van der Waals surface area (Å²) < 4.78 is 11.2. The van der Waals surface area contributed by atoms with Gasteiger partial charge < -0.3 is 14.8 Å². The van der Waals surface area contributed by atoms with Crippen molar-refractivity contribution in [3.8, 4) is 0 Å². The third kappa shape index (κ3) is 3.40. The van der Waals surface area contributed by atoms with Gasteiger partial charge in [0.1, 0.15) is 0 Å². The van der Waals surface area contributed by atoms with Gasteiger partial charge in [-0.05, 0) is 36.8 Å². The van der Waals surface area contributed by atoms with Gasteiger partial charge in [-0.1, -0.05) is 37.3 Å². The summed E-state index contributed by atoms with van der Waals surface area (Å²) in [5, 5.41) is 3.70. The van der Waals surface area contributed by atoms with E-state index < -0.39 is 0 Å². The van der Waals surface area contributed by atoms with Crippen molar-refractivity contribution in [2.45, 2.75) is 44.4 Å². The van der Waals surface area contributed by atoms with Gasteiger partial charge in [0.15, 0.2) is 6.29 Å². The van der Waals surface area contributed by atoms with E-state index in [9.17, 15) is 0 Å². The van der Waals surface area contributed by atoms with Crippen molar-refractivity contribution < 1.29 is 9.47 Å². The summed E-state index contributed by atoms with van der Waals surface area (Å²) in [5.41, 5.74) is 1.48. The Kier molecular flexibility index (Phi) is 4.71. The highest BCUT2D eigenvalue weighted by molar-refractivity contribution is 5.26. The van der Waals surface area contributed by atoms with Crippen molar-refractivity contribution in [3.05, 3.63) is 35.9 Å². The molecule has 1 N–H and O–H groups in total. The smallest absolute Gasteiger partial charge is 0.159 e. The molecule has 1 saturated heterocycles. The lowest BCUT2D eigenvalue weighted by molar-refractivity contribution is -0.0541. The Bertz CT molecular complexity index is 403. The lowest BCUT2D eigenvalue weighted by Crippen LogP contribution is -2.35. The fourth-order valence-electron chi connectivity index (χ4n) is 3.23. The van der Waals surface area contributed by atoms with Crippen LogP contribution in [0.4, 0.5) is 0 Å². The minimum Gasteiger partial charge on any atom is -0.350 e. The van der Waals surface area contributed by atoms with Crippen LogP contribution in [0.5, 0.6) is 0 Å². The van der Waals surface area contributed by atoms with Crippen molar-refractivity contribution in [2.75, 3.05) is 19.8 Å². The van der Waals surface area contributed by atoms with E-state index in [1.807, 2.05) is 0 Å². The zero-order valence-corrected chi connectivity index (χ0v) is 12.3. The molecule has 0 amide bonds. The van der Waals surface area contributed by atoms with E-state index in [2.05, 4.69) is 42.6 Å². The number of benzene rings is 1. The molecule has 0 bridgehead atoms. The van der Waals surface area contributed by atoms with Crippen LogP contribution in [0.3, 0.4) is 0 Å². The fraction of sp³-hybridized carbons (Fsp3) is 0.647. The molecule has 1 aliphatic carbocycles. The van der Waals surface area contributed by atoms with E-state index in [0.29, 0.717) is 12.0 Å². The minimum absolute atomic E-state index is 0.00128. The second-order valence-corrected chi connectivity index (χ2v) is 5.88. The van der Waals surface area contributed by atoms with Gasteiger partial charge in [-0.3, -0.25) is 0 Å². The maximum absolute atomic E-state index is 5.62. The molecule has 20 heavy (non-hydrogen) atoms. The molecule has 0 spiro atoms. The summed E-state index contributed by atoms with van der Waals surface area (Å²) >= 11 is 0. The number of hydrogen-bond donors (Lipinski definition) is 1. The molecular formula is C17H25NO2. The van der Waals surface area contributed by atoms with E-state index in [1.54, 1.807) is 0 Å². The van der Waals surface area contributed by atoms with Crippen LogP contribution < -0.4 is 5.32 Å². The van der Waals surface area contributed by atoms with Crippen LogP contribution in [-0.4, -0.2) is 32.1 Å². The topological polar surface area (TPSA) is 30.5 Å². The van der Waals surface area contributed by atoms with Crippen LogP contribution >= 0.6 is 0 Å². The van der Waals surface area contributed by atoms with Gasteiger partial charge in [0.25, 0.3) is 0 Å². The highest BCUT2D eigenvalue weighted by Crippen LogP contribution is 2.50. The summed E-state index contributed by atoms with van der Waals surface area (Å²) in [5.74, 6) is 1.45.